The summed E-state index contributed by atoms with van der Waals surface area (Å²) < 4.78 is 5.18. The van der Waals surface area contributed by atoms with Crippen LogP contribution in [0.15, 0.2) is 36.4 Å². The van der Waals surface area contributed by atoms with Crippen molar-refractivity contribution in [2.75, 3.05) is 0 Å². The summed E-state index contributed by atoms with van der Waals surface area (Å²) in [4.78, 5) is 11.9. The molecule has 0 radical (unpaired) electrons. The first-order chi connectivity index (χ1) is 8.97. The maximum atomic E-state index is 11.9. The molecular weight excluding hydrogens is 287 g/mol. The zero-order chi connectivity index (χ0) is 14.0. The van der Waals surface area contributed by atoms with E-state index in [0.717, 1.165) is 0 Å². The number of esters is 1. The smallest absolute Gasteiger partial charge is 0.345 e. The normalized spacial score (nSPS) is 10.3. The van der Waals surface area contributed by atoms with Crippen molar-refractivity contribution < 1.29 is 14.6 Å². The molecule has 5 heteroatoms. The van der Waals surface area contributed by atoms with Crippen molar-refractivity contribution in [3.63, 3.8) is 0 Å². The Bertz CT molecular complexity index is 639. The topological polar surface area (TPSA) is 46.5 Å². The van der Waals surface area contributed by atoms with Gasteiger partial charge in [0.25, 0.3) is 0 Å². The summed E-state index contributed by atoms with van der Waals surface area (Å²) in [6.45, 7) is 1.71. The summed E-state index contributed by atoms with van der Waals surface area (Å²) in [6, 6.07) is 9.07. The Hall–Kier alpha value is -1.71. The van der Waals surface area contributed by atoms with Crippen molar-refractivity contribution in [3.05, 3.63) is 57.6 Å². The molecule has 2 rings (SSSR count). The minimum atomic E-state index is -0.577. The van der Waals surface area contributed by atoms with Crippen LogP contribution in [0.1, 0.15) is 15.9 Å². The number of aryl methyl sites for hydroxylation is 1. The third-order valence-corrected chi connectivity index (χ3v) is 3.08. The van der Waals surface area contributed by atoms with Gasteiger partial charge in [0.15, 0.2) is 0 Å². The van der Waals surface area contributed by atoms with Crippen LogP contribution >= 0.6 is 23.2 Å². The minimum absolute atomic E-state index is 0.143. The van der Waals surface area contributed by atoms with Gasteiger partial charge < -0.3 is 9.84 Å². The van der Waals surface area contributed by atoms with E-state index in [1.54, 1.807) is 19.1 Å². The highest BCUT2D eigenvalue weighted by Gasteiger charge is 2.13. The van der Waals surface area contributed by atoms with Crippen LogP contribution in [-0.2, 0) is 0 Å². The molecule has 0 aromatic heterocycles. The first kappa shape index (κ1) is 13.7. The Balaban J connectivity index is 2.23. The summed E-state index contributed by atoms with van der Waals surface area (Å²) in [5.74, 6) is -0.0950. The lowest BCUT2D eigenvalue weighted by atomic mass is 10.2. The molecule has 0 amide bonds. The van der Waals surface area contributed by atoms with E-state index in [2.05, 4.69) is 0 Å². The van der Waals surface area contributed by atoms with E-state index >= 15 is 0 Å². The second kappa shape index (κ2) is 5.51. The number of ether oxygens (including phenoxy) is 1. The van der Waals surface area contributed by atoms with Gasteiger partial charge in [0.2, 0.25) is 0 Å². The molecule has 0 fully saturated rings. The van der Waals surface area contributed by atoms with Crippen molar-refractivity contribution in [1.82, 2.24) is 0 Å². The van der Waals surface area contributed by atoms with Crippen molar-refractivity contribution in [2.24, 2.45) is 0 Å². The Kier molecular flexibility index (Phi) is 3.98. The second-order valence-electron chi connectivity index (χ2n) is 3.96. The van der Waals surface area contributed by atoms with Crippen molar-refractivity contribution in [3.8, 4) is 11.5 Å². The molecule has 3 nitrogen and oxygen atoms in total. The molecule has 0 saturated heterocycles. The molecule has 1 N–H and O–H groups in total. The third kappa shape index (κ3) is 3.19. The van der Waals surface area contributed by atoms with E-state index in [0.29, 0.717) is 16.3 Å². The van der Waals surface area contributed by atoms with Gasteiger partial charge in [-0.1, -0.05) is 23.2 Å². The van der Waals surface area contributed by atoms with E-state index in [1.165, 1.54) is 24.3 Å². The number of carbonyl (C=O) groups excluding carboxylic acids is 1. The first-order valence-electron chi connectivity index (χ1n) is 5.44. The second-order valence-corrected chi connectivity index (χ2v) is 4.81. The highest BCUT2D eigenvalue weighted by atomic mass is 35.5. The number of hydrogen-bond donors (Lipinski definition) is 1. The zero-order valence-corrected chi connectivity index (χ0v) is 11.5. The van der Waals surface area contributed by atoms with Crippen molar-refractivity contribution in [2.45, 2.75) is 6.92 Å². The van der Waals surface area contributed by atoms with Crippen LogP contribution in [0.4, 0.5) is 0 Å². The van der Waals surface area contributed by atoms with Gasteiger partial charge in [-0.15, -0.1) is 0 Å². The number of rotatable bonds is 2. The fourth-order valence-corrected chi connectivity index (χ4v) is 1.99. The Morgan fingerprint density at radius 1 is 1.16 bits per heavy atom. The lowest BCUT2D eigenvalue weighted by Gasteiger charge is -2.07. The number of phenols is 1. The van der Waals surface area contributed by atoms with Gasteiger partial charge in [-0.2, -0.15) is 0 Å². The van der Waals surface area contributed by atoms with Crippen LogP contribution in [0.2, 0.25) is 10.0 Å². The Morgan fingerprint density at radius 3 is 2.53 bits per heavy atom. The highest BCUT2D eigenvalue weighted by molar-refractivity contribution is 6.36. The van der Waals surface area contributed by atoms with Crippen molar-refractivity contribution >= 4 is 29.2 Å². The maximum absolute atomic E-state index is 11.9. The van der Waals surface area contributed by atoms with E-state index in [4.69, 9.17) is 27.9 Å². The molecule has 0 aliphatic carbocycles. The third-order valence-electron chi connectivity index (χ3n) is 2.53. The molecule has 0 aliphatic heterocycles. The summed E-state index contributed by atoms with van der Waals surface area (Å²) in [7, 11) is 0. The summed E-state index contributed by atoms with van der Waals surface area (Å²) in [6.07, 6.45) is 0. The molecule has 0 aliphatic rings. The van der Waals surface area contributed by atoms with Gasteiger partial charge in [0.05, 0.1) is 10.6 Å². The number of hydrogen-bond acceptors (Lipinski definition) is 3. The lowest BCUT2D eigenvalue weighted by molar-refractivity contribution is 0.0735. The number of carbonyl (C=O) groups is 1. The van der Waals surface area contributed by atoms with Crippen molar-refractivity contribution in [1.29, 1.82) is 0 Å². The molecule has 0 heterocycles. The molecule has 0 atom stereocenters. The van der Waals surface area contributed by atoms with Crippen LogP contribution in [0.25, 0.3) is 0 Å². The highest BCUT2D eigenvalue weighted by Crippen LogP contribution is 2.25. The van der Waals surface area contributed by atoms with Crippen LogP contribution in [0.5, 0.6) is 11.5 Å². The minimum Gasteiger partial charge on any atom is -0.508 e. The van der Waals surface area contributed by atoms with Crippen LogP contribution in [0.3, 0.4) is 0 Å². The molecule has 0 unspecified atom stereocenters. The SMILES string of the molecule is Cc1cc(OC(=O)c2ccc(Cl)cc2Cl)ccc1O. The quantitative estimate of drug-likeness (QED) is 0.666. The van der Waals surface area contributed by atoms with Gasteiger partial charge in [-0.25, -0.2) is 4.79 Å². The van der Waals surface area contributed by atoms with Gasteiger partial charge in [-0.05, 0) is 48.9 Å². The number of aromatic hydroxyl groups is 1. The average Bonchev–Trinajstić information content (AvgIpc) is 2.33. The number of halogens is 2. The summed E-state index contributed by atoms with van der Waals surface area (Å²) >= 11 is 11.7. The van der Waals surface area contributed by atoms with Gasteiger partial charge in [0, 0.05) is 5.02 Å². The molecule has 2 aromatic carbocycles. The molecule has 98 valence electrons. The lowest BCUT2D eigenvalue weighted by Crippen LogP contribution is -2.09. The molecule has 19 heavy (non-hydrogen) atoms. The molecule has 0 bridgehead atoms. The zero-order valence-electron chi connectivity index (χ0n) is 9.98. The fourth-order valence-electron chi connectivity index (χ4n) is 1.51. The summed E-state index contributed by atoms with van der Waals surface area (Å²) in [5.41, 5.74) is 0.851. The predicted octanol–water partition coefficient (Wildman–Crippen LogP) is 4.23. The summed E-state index contributed by atoms with van der Waals surface area (Å²) in [5, 5.41) is 10.1. The van der Waals surface area contributed by atoms with Gasteiger partial charge >= 0.3 is 5.97 Å². The predicted molar refractivity (Wildman–Crippen MR) is 74.3 cm³/mol. The fraction of sp³-hybridized carbons (Fsp3) is 0.0714. The van der Waals surface area contributed by atoms with E-state index in [-0.39, 0.29) is 16.3 Å². The molecule has 0 spiro atoms. The van der Waals surface area contributed by atoms with E-state index in [9.17, 15) is 9.90 Å². The monoisotopic (exact) mass is 296 g/mol. The Morgan fingerprint density at radius 2 is 1.89 bits per heavy atom. The van der Waals surface area contributed by atoms with Crippen LogP contribution in [-0.4, -0.2) is 11.1 Å². The average molecular weight is 297 g/mol. The Labute approximate surface area is 120 Å². The molecular formula is C14H10Cl2O3. The standard InChI is InChI=1S/C14H10Cl2O3/c1-8-6-10(3-5-13(8)17)19-14(18)11-4-2-9(15)7-12(11)16/h2-7,17H,1H3. The molecule has 0 saturated carbocycles. The number of benzene rings is 2. The van der Waals surface area contributed by atoms with E-state index in [1.807, 2.05) is 0 Å². The first-order valence-corrected chi connectivity index (χ1v) is 6.20. The van der Waals surface area contributed by atoms with Gasteiger partial charge in [0.1, 0.15) is 11.5 Å². The maximum Gasteiger partial charge on any atom is 0.345 e. The largest absolute Gasteiger partial charge is 0.508 e. The molecule has 2 aromatic rings. The van der Waals surface area contributed by atoms with Crippen LogP contribution in [0, 0.1) is 6.92 Å². The van der Waals surface area contributed by atoms with E-state index < -0.39 is 5.97 Å². The van der Waals surface area contributed by atoms with Gasteiger partial charge in [-0.3, -0.25) is 0 Å². The number of phenolic OH excluding ortho intramolecular Hbond substituents is 1. The van der Waals surface area contributed by atoms with Crippen LogP contribution < -0.4 is 4.74 Å².